The van der Waals surface area contributed by atoms with Gasteiger partial charge in [0.15, 0.2) is 0 Å². The molecular formula is C13H25N3O4S. The third kappa shape index (κ3) is 3.39. The molecule has 0 aromatic carbocycles. The quantitative estimate of drug-likeness (QED) is 0.800. The highest BCUT2D eigenvalue weighted by molar-refractivity contribution is 7.86. The molecule has 2 rings (SSSR count). The molecule has 0 bridgehead atoms. The van der Waals surface area contributed by atoms with Crippen LogP contribution < -0.4 is 0 Å². The molecule has 7 nitrogen and oxygen atoms in total. The van der Waals surface area contributed by atoms with E-state index in [9.17, 15) is 18.3 Å². The molecule has 2 unspecified atom stereocenters. The van der Waals surface area contributed by atoms with Gasteiger partial charge < -0.3 is 5.11 Å². The maximum absolute atomic E-state index is 12.8. The summed E-state index contributed by atoms with van der Waals surface area (Å²) in [5, 5.41) is 9.27. The molecule has 0 amide bonds. The summed E-state index contributed by atoms with van der Waals surface area (Å²) in [5.41, 5.74) is 0. The van der Waals surface area contributed by atoms with E-state index in [1.54, 1.807) is 0 Å². The van der Waals surface area contributed by atoms with E-state index in [-0.39, 0.29) is 6.04 Å². The maximum Gasteiger partial charge on any atom is 0.322 e. The summed E-state index contributed by atoms with van der Waals surface area (Å²) < 4.78 is 28.2. The van der Waals surface area contributed by atoms with Crippen LogP contribution >= 0.6 is 0 Å². The van der Waals surface area contributed by atoms with Crippen molar-refractivity contribution in [1.29, 1.82) is 0 Å². The van der Waals surface area contributed by atoms with E-state index in [2.05, 4.69) is 11.8 Å². The second-order valence-electron chi connectivity index (χ2n) is 5.80. The highest BCUT2D eigenvalue weighted by Gasteiger charge is 2.41. The molecule has 1 N–H and O–H groups in total. The molecule has 2 atom stereocenters. The summed E-state index contributed by atoms with van der Waals surface area (Å²) >= 11 is 0. The van der Waals surface area contributed by atoms with E-state index in [4.69, 9.17) is 0 Å². The Morgan fingerprint density at radius 2 is 1.95 bits per heavy atom. The highest BCUT2D eigenvalue weighted by atomic mass is 32.2. The van der Waals surface area contributed by atoms with Gasteiger partial charge >= 0.3 is 5.97 Å². The van der Waals surface area contributed by atoms with E-state index in [0.29, 0.717) is 32.6 Å². The van der Waals surface area contributed by atoms with Crippen molar-refractivity contribution in [3.05, 3.63) is 0 Å². The van der Waals surface area contributed by atoms with E-state index in [1.165, 1.54) is 8.61 Å². The third-order valence-corrected chi connectivity index (χ3v) is 6.51. The first-order chi connectivity index (χ1) is 9.87. The summed E-state index contributed by atoms with van der Waals surface area (Å²) in [5.74, 6) is -1.04. The number of rotatable bonds is 4. The smallest absolute Gasteiger partial charge is 0.322 e. The van der Waals surface area contributed by atoms with Gasteiger partial charge in [-0.3, -0.25) is 9.69 Å². The van der Waals surface area contributed by atoms with Crippen LogP contribution in [0, 0.1) is 0 Å². The van der Waals surface area contributed by atoms with Crippen LogP contribution in [0.15, 0.2) is 0 Å². The number of nitrogens with zero attached hydrogens (tertiary/aromatic N) is 3. The van der Waals surface area contributed by atoms with Crippen LogP contribution in [0.1, 0.15) is 33.1 Å². The Kier molecular flexibility index (Phi) is 5.24. The number of piperidine rings is 1. The van der Waals surface area contributed by atoms with Crippen LogP contribution in [0.4, 0.5) is 0 Å². The van der Waals surface area contributed by atoms with Crippen molar-refractivity contribution in [2.75, 3.05) is 32.7 Å². The number of aliphatic carboxylic acids is 1. The SMILES string of the molecule is CCN1CCN(S(=O)(=O)N2CCCCC2C(=O)O)CC1C. The second kappa shape index (κ2) is 6.60. The lowest BCUT2D eigenvalue weighted by Gasteiger charge is -2.42. The van der Waals surface area contributed by atoms with Gasteiger partial charge in [-0.15, -0.1) is 0 Å². The zero-order chi connectivity index (χ0) is 15.6. The van der Waals surface area contributed by atoms with Gasteiger partial charge in [-0.05, 0) is 32.7 Å². The second-order valence-corrected chi connectivity index (χ2v) is 7.69. The Labute approximate surface area is 126 Å². The van der Waals surface area contributed by atoms with Crippen molar-refractivity contribution in [2.24, 2.45) is 0 Å². The number of carboxylic acids is 1. The summed E-state index contributed by atoms with van der Waals surface area (Å²) in [6, 6.07) is -0.755. The summed E-state index contributed by atoms with van der Waals surface area (Å²) in [6.45, 7) is 6.84. The fourth-order valence-corrected chi connectivity index (χ4v) is 5.11. The molecule has 0 aromatic heterocycles. The molecule has 0 aromatic rings. The largest absolute Gasteiger partial charge is 0.480 e. The molecule has 2 aliphatic heterocycles. The number of hydrogen-bond acceptors (Lipinski definition) is 4. The Morgan fingerprint density at radius 1 is 1.24 bits per heavy atom. The van der Waals surface area contributed by atoms with E-state index in [1.807, 2.05) is 6.92 Å². The lowest BCUT2D eigenvalue weighted by Crippen LogP contribution is -2.59. The van der Waals surface area contributed by atoms with Crippen LogP contribution in [0.3, 0.4) is 0 Å². The molecule has 2 fully saturated rings. The minimum absolute atomic E-state index is 0.159. The summed E-state index contributed by atoms with van der Waals surface area (Å²) in [7, 11) is -3.68. The van der Waals surface area contributed by atoms with Crippen LogP contribution in [0.5, 0.6) is 0 Å². The van der Waals surface area contributed by atoms with E-state index in [0.717, 1.165) is 19.4 Å². The van der Waals surface area contributed by atoms with Crippen molar-refractivity contribution in [3.63, 3.8) is 0 Å². The van der Waals surface area contributed by atoms with Crippen molar-refractivity contribution in [1.82, 2.24) is 13.5 Å². The number of carboxylic acid groups (broad SMARTS) is 1. The molecular weight excluding hydrogens is 294 g/mol. The Bertz CT molecular complexity index is 482. The van der Waals surface area contributed by atoms with Crippen LogP contribution in [0.2, 0.25) is 0 Å². The molecule has 2 heterocycles. The van der Waals surface area contributed by atoms with Gasteiger partial charge in [0.1, 0.15) is 6.04 Å². The first-order valence-electron chi connectivity index (χ1n) is 7.61. The van der Waals surface area contributed by atoms with Crippen molar-refractivity contribution in [2.45, 2.75) is 45.2 Å². The van der Waals surface area contributed by atoms with Gasteiger partial charge in [-0.25, -0.2) is 0 Å². The molecule has 122 valence electrons. The maximum atomic E-state index is 12.8. The standard InChI is InChI=1S/C13H25N3O4S/c1-3-14-8-9-15(10-11(14)2)21(19,20)16-7-5-4-6-12(16)13(17)18/h11-12H,3-10H2,1-2H3,(H,17,18). The summed E-state index contributed by atoms with van der Waals surface area (Å²) in [4.78, 5) is 13.6. The van der Waals surface area contributed by atoms with Crippen molar-refractivity contribution in [3.8, 4) is 0 Å². The fourth-order valence-electron chi connectivity index (χ4n) is 3.22. The number of piperazine rings is 1. The van der Waals surface area contributed by atoms with Gasteiger partial charge in [0.2, 0.25) is 0 Å². The van der Waals surface area contributed by atoms with Gasteiger partial charge in [0.05, 0.1) is 0 Å². The Morgan fingerprint density at radius 3 is 2.52 bits per heavy atom. The summed E-state index contributed by atoms with van der Waals surface area (Å²) in [6.07, 6.45) is 1.90. The zero-order valence-electron chi connectivity index (χ0n) is 12.7. The molecule has 21 heavy (non-hydrogen) atoms. The van der Waals surface area contributed by atoms with Gasteiger partial charge in [0.25, 0.3) is 10.2 Å². The molecule has 2 aliphatic rings. The molecule has 2 saturated heterocycles. The number of likely N-dealkylation sites (N-methyl/N-ethyl adjacent to an activating group) is 1. The van der Waals surface area contributed by atoms with Crippen LogP contribution in [-0.4, -0.2) is 77.8 Å². The lowest BCUT2D eigenvalue weighted by atomic mass is 10.1. The average molecular weight is 319 g/mol. The predicted molar refractivity (Wildman–Crippen MR) is 79.2 cm³/mol. The minimum Gasteiger partial charge on any atom is -0.480 e. The average Bonchev–Trinajstić information content (AvgIpc) is 2.47. The monoisotopic (exact) mass is 319 g/mol. The van der Waals surface area contributed by atoms with Crippen molar-refractivity contribution >= 4 is 16.2 Å². The first-order valence-corrected chi connectivity index (χ1v) is 9.01. The lowest BCUT2D eigenvalue weighted by molar-refractivity contribution is -0.142. The predicted octanol–water partition coefficient (Wildman–Crippen LogP) is 0.196. The third-order valence-electron chi connectivity index (χ3n) is 4.50. The van der Waals surface area contributed by atoms with Gasteiger partial charge in [0, 0.05) is 32.2 Å². The normalized spacial score (nSPS) is 30.4. The van der Waals surface area contributed by atoms with Crippen LogP contribution in [-0.2, 0) is 15.0 Å². The molecule has 0 radical (unpaired) electrons. The molecule has 8 heteroatoms. The first kappa shape index (κ1) is 16.7. The molecule has 0 spiro atoms. The Balaban J connectivity index is 2.15. The van der Waals surface area contributed by atoms with E-state index < -0.39 is 22.2 Å². The van der Waals surface area contributed by atoms with Gasteiger partial charge in [-0.2, -0.15) is 17.0 Å². The Hall–Kier alpha value is -0.700. The molecule has 0 aliphatic carbocycles. The van der Waals surface area contributed by atoms with E-state index >= 15 is 0 Å². The topological polar surface area (TPSA) is 81.2 Å². The number of hydrogen-bond donors (Lipinski definition) is 1. The molecule has 0 saturated carbocycles. The minimum atomic E-state index is -3.68. The van der Waals surface area contributed by atoms with Crippen molar-refractivity contribution < 1.29 is 18.3 Å². The van der Waals surface area contributed by atoms with Gasteiger partial charge in [-0.1, -0.05) is 6.92 Å². The zero-order valence-corrected chi connectivity index (χ0v) is 13.5. The fraction of sp³-hybridized carbons (Fsp3) is 0.923. The van der Waals surface area contributed by atoms with Crippen LogP contribution in [0.25, 0.3) is 0 Å². The number of carbonyl (C=O) groups is 1. The highest BCUT2D eigenvalue weighted by Crippen LogP contribution is 2.24.